The van der Waals surface area contributed by atoms with Crippen molar-refractivity contribution in [3.63, 3.8) is 0 Å². The van der Waals surface area contributed by atoms with Crippen LogP contribution in [-0.4, -0.2) is 76.4 Å². The molecule has 2 aromatic heterocycles. The third-order valence-electron chi connectivity index (χ3n) is 3.55. The van der Waals surface area contributed by atoms with Crippen molar-refractivity contribution in [2.75, 3.05) is 6.61 Å². The van der Waals surface area contributed by atoms with E-state index in [1.165, 1.54) is 0 Å². The first-order valence-electron chi connectivity index (χ1n) is 6.31. The topological polar surface area (TPSA) is 187 Å². The van der Waals surface area contributed by atoms with Gasteiger partial charge >= 0.3 is 5.69 Å². The van der Waals surface area contributed by atoms with Gasteiger partial charge in [0, 0.05) is 0 Å². The average molecular weight is 315 g/mol. The molecule has 6 N–H and O–H groups in total. The highest BCUT2D eigenvalue weighted by atomic mass is 16.6. The number of fused-ring (bicyclic) bond motifs is 1. The minimum absolute atomic E-state index is 0.183. The van der Waals surface area contributed by atoms with Crippen LogP contribution in [-0.2, 0) is 4.74 Å². The Morgan fingerprint density at radius 3 is 2.59 bits per heavy atom. The SMILES string of the molecule is O=c1[nH]nnc2c1[nH]c(=O)n2C1OC(CO)C(O)C(O)C1O. The lowest BCUT2D eigenvalue weighted by atomic mass is 9.98. The third kappa shape index (κ3) is 2.05. The minimum atomic E-state index is -1.68. The van der Waals surface area contributed by atoms with E-state index >= 15 is 0 Å². The summed E-state index contributed by atoms with van der Waals surface area (Å²) < 4.78 is 6.05. The Morgan fingerprint density at radius 2 is 1.91 bits per heavy atom. The average Bonchev–Trinajstić information content (AvgIpc) is 2.83. The van der Waals surface area contributed by atoms with Crippen LogP contribution in [0, 0.1) is 0 Å². The van der Waals surface area contributed by atoms with Crippen LogP contribution in [0.5, 0.6) is 0 Å². The molecule has 22 heavy (non-hydrogen) atoms. The van der Waals surface area contributed by atoms with Gasteiger partial charge in [-0.15, -0.1) is 5.10 Å². The molecule has 1 saturated heterocycles. The summed E-state index contributed by atoms with van der Waals surface area (Å²) in [7, 11) is 0. The summed E-state index contributed by atoms with van der Waals surface area (Å²) in [6.07, 6.45) is -7.58. The number of H-pyrrole nitrogens is 2. The number of aliphatic hydroxyl groups is 4. The van der Waals surface area contributed by atoms with Gasteiger partial charge in [0.15, 0.2) is 17.4 Å². The van der Waals surface area contributed by atoms with Crippen LogP contribution in [0.15, 0.2) is 9.59 Å². The predicted molar refractivity (Wildman–Crippen MR) is 67.8 cm³/mol. The Balaban J connectivity index is 2.14. The number of rotatable bonds is 2. The van der Waals surface area contributed by atoms with Crippen LogP contribution in [0.25, 0.3) is 11.2 Å². The number of aliphatic hydroxyl groups excluding tert-OH is 4. The van der Waals surface area contributed by atoms with E-state index in [1.807, 2.05) is 5.10 Å². The van der Waals surface area contributed by atoms with Crippen molar-refractivity contribution >= 4 is 11.2 Å². The zero-order valence-corrected chi connectivity index (χ0v) is 10.9. The quantitative estimate of drug-likeness (QED) is 0.319. The fourth-order valence-corrected chi connectivity index (χ4v) is 2.40. The van der Waals surface area contributed by atoms with Crippen LogP contribution >= 0.6 is 0 Å². The van der Waals surface area contributed by atoms with Crippen molar-refractivity contribution in [3.8, 4) is 0 Å². The number of hydrogen-bond acceptors (Lipinski definition) is 9. The molecule has 0 radical (unpaired) electrons. The largest absolute Gasteiger partial charge is 0.394 e. The van der Waals surface area contributed by atoms with E-state index in [1.54, 1.807) is 0 Å². The standard InChI is InChI=1S/C10H13N5O7/c16-1-2-4(17)5(18)6(19)9(22-2)15-7-3(11-10(15)21)8(20)13-14-12-7/h2,4-6,9,16-19H,1H2,(H,11,21)(H,12,13,20). The zero-order chi connectivity index (χ0) is 16.0. The zero-order valence-electron chi connectivity index (χ0n) is 10.9. The van der Waals surface area contributed by atoms with Crippen molar-refractivity contribution in [1.29, 1.82) is 0 Å². The van der Waals surface area contributed by atoms with Crippen LogP contribution < -0.4 is 11.2 Å². The fraction of sp³-hybridized carbons (Fsp3) is 0.600. The monoisotopic (exact) mass is 315 g/mol. The predicted octanol–water partition coefficient (Wildman–Crippen LogP) is -4.22. The molecule has 5 atom stereocenters. The molecule has 12 nitrogen and oxygen atoms in total. The molecule has 0 bridgehead atoms. The molecule has 0 spiro atoms. The van der Waals surface area contributed by atoms with E-state index in [-0.39, 0.29) is 11.2 Å². The first-order chi connectivity index (χ1) is 10.5. The summed E-state index contributed by atoms with van der Waals surface area (Å²) in [5, 5.41) is 47.6. The summed E-state index contributed by atoms with van der Waals surface area (Å²) in [6.45, 7) is -0.648. The van der Waals surface area contributed by atoms with Gasteiger partial charge in [-0.05, 0) is 0 Å². The molecule has 120 valence electrons. The molecule has 0 aliphatic carbocycles. The molecular weight excluding hydrogens is 302 g/mol. The number of nitrogens with zero attached hydrogens (tertiary/aromatic N) is 3. The number of aromatic nitrogens is 5. The first kappa shape index (κ1) is 14.8. The normalized spacial score (nSPS) is 32.5. The second-order valence-corrected chi connectivity index (χ2v) is 4.86. The van der Waals surface area contributed by atoms with Gasteiger partial charge in [-0.25, -0.2) is 14.5 Å². The Morgan fingerprint density at radius 1 is 1.18 bits per heavy atom. The van der Waals surface area contributed by atoms with E-state index in [9.17, 15) is 24.9 Å². The summed E-state index contributed by atoms with van der Waals surface area (Å²) in [4.78, 5) is 25.8. The lowest BCUT2D eigenvalue weighted by molar-refractivity contribution is -0.251. The van der Waals surface area contributed by atoms with Crippen LogP contribution in [0.4, 0.5) is 0 Å². The van der Waals surface area contributed by atoms with Crippen molar-refractivity contribution in [2.45, 2.75) is 30.6 Å². The lowest BCUT2D eigenvalue weighted by Crippen LogP contribution is -2.57. The van der Waals surface area contributed by atoms with Gasteiger partial charge in [0.1, 0.15) is 24.4 Å². The number of nitrogens with one attached hydrogen (secondary N) is 2. The molecule has 3 rings (SSSR count). The summed E-state index contributed by atoms with van der Waals surface area (Å²) in [5.74, 6) is 0. The number of imidazole rings is 1. The lowest BCUT2D eigenvalue weighted by Gasteiger charge is -2.39. The summed E-state index contributed by atoms with van der Waals surface area (Å²) >= 11 is 0. The van der Waals surface area contributed by atoms with Gasteiger partial charge in [0.25, 0.3) is 5.56 Å². The summed E-state index contributed by atoms with van der Waals surface area (Å²) in [6, 6.07) is 0. The van der Waals surface area contributed by atoms with E-state index in [2.05, 4.69) is 15.3 Å². The molecule has 3 heterocycles. The number of hydrogen-bond donors (Lipinski definition) is 6. The number of aromatic amines is 2. The highest BCUT2D eigenvalue weighted by Gasteiger charge is 2.45. The van der Waals surface area contributed by atoms with Crippen molar-refractivity contribution < 1.29 is 25.2 Å². The van der Waals surface area contributed by atoms with E-state index in [0.29, 0.717) is 0 Å². The number of ether oxygens (including phenoxy) is 1. The van der Waals surface area contributed by atoms with Gasteiger partial charge in [-0.2, -0.15) is 0 Å². The van der Waals surface area contributed by atoms with Crippen molar-refractivity contribution in [2.24, 2.45) is 0 Å². The van der Waals surface area contributed by atoms with Gasteiger partial charge in [-0.3, -0.25) is 9.78 Å². The molecule has 12 heteroatoms. The maximum absolute atomic E-state index is 12.0. The van der Waals surface area contributed by atoms with Crippen molar-refractivity contribution in [3.05, 3.63) is 20.8 Å². The Kier molecular flexibility index (Phi) is 3.54. The van der Waals surface area contributed by atoms with Crippen molar-refractivity contribution in [1.82, 2.24) is 25.0 Å². The molecule has 2 aromatic rings. The van der Waals surface area contributed by atoms with Gasteiger partial charge in [0.2, 0.25) is 0 Å². The molecule has 0 amide bonds. The maximum atomic E-state index is 12.0. The summed E-state index contributed by atoms with van der Waals surface area (Å²) in [5.41, 5.74) is -1.91. The molecule has 0 saturated carbocycles. The van der Waals surface area contributed by atoms with E-state index < -0.39 is 48.5 Å². The minimum Gasteiger partial charge on any atom is -0.394 e. The second-order valence-electron chi connectivity index (χ2n) is 4.86. The Hall–Kier alpha value is -2.12. The first-order valence-corrected chi connectivity index (χ1v) is 6.31. The smallest absolute Gasteiger partial charge is 0.330 e. The molecule has 1 aliphatic heterocycles. The van der Waals surface area contributed by atoms with Crippen LogP contribution in [0.3, 0.4) is 0 Å². The Labute approximate surface area is 120 Å². The molecular formula is C10H13N5O7. The van der Waals surface area contributed by atoms with Gasteiger partial charge < -0.3 is 25.2 Å². The molecule has 1 aliphatic rings. The highest BCUT2D eigenvalue weighted by Crippen LogP contribution is 2.28. The van der Waals surface area contributed by atoms with Gasteiger partial charge in [-0.1, -0.05) is 5.21 Å². The van der Waals surface area contributed by atoms with E-state index in [4.69, 9.17) is 9.84 Å². The molecule has 1 fully saturated rings. The van der Waals surface area contributed by atoms with Gasteiger partial charge in [0.05, 0.1) is 6.61 Å². The highest BCUT2D eigenvalue weighted by molar-refractivity contribution is 5.68. The Bertz CT molecular complexity index is 795. The third-order valence-corrected chi connectivity index (χ3v) is 3.55. The van der Waals surface area contributed by atoms with E-state index in [0.717, 1.165) is 4.57 Å². The molecule has 5 unspecified atom stereocenters. The maximum Gasteiger partial charge on any atom is 0.330 e. The molecule has 0 aromatic carbocycles. The van der Waals surface area contributed by atoms with Crippen LogP contribution in [0.2, 0.25) is 0 Å². The van der Waals surface area contributed by atoms with Crippen LogP contribution in [0.1, 0.15) is 6.23 Å². The second kappa shape index (κ2) is 5.26. The fourth-order valence-electron chi connectivity index (χ4n) is 2.40.